The van der Waals surface area contributed by atoms with Crippen molar-refractivity contribution in [3.63, 3.8) is 0 Å². The molecule has 0 aliphatic heterocycles. The summed E-state index contributed by atoms with van der Waals surface area (Å²) >= 11 is 0. The van der Waals surface area contributed by atoms with E-state index in [1.165, 1.54) is 0 Å². The van der Waals surface area contributed by atoms with Gasteiger partial charge in [0.2, 0.25) is 5.91 Å². The van der Waals surface area contributed by atoms with Gasteiger partial charge in [0.05, 0.1) is 6.04 Å². The van der Waals surface area contributed by atoms with Gasteiger partial charge in [0.15, 0.2) is 0 Å². The van der Waals surface area contributed by atoms with Crippen LogP contribution in [0.1, 0.15) is 41.0 Å². The number of amides is 1. The molecule has 1 saturated carbocycles. The summed E-state index contributed by atoms with van der Waals surface area (Å²) in [5.74, 6) is 0.0737. The van der Waals surface area contributed by atoms with Crippen molar-refractivity contribution in [3.05, 3.63) is 0 Å². The maximum absolute atomic E-state index is 11.9. The molecule has 0 spiro atoms. The zero-order valence-electron chi connectivity index (χ0n) is 12.6. The van der Waals surface area contributed by atoms with Crippen molar-refractivity contribution in [1.82, 2.24) is 10.6 Å². The van der Waals surface area contributed by atoms with Crippen molar-refractivity contribution < 1.29 is 9.53 Å². The van der Waals surface area contributed by atoms with Gasteiger partial charge in [0, 0.05) is 26.3 Å². The molecule has 106 valence electrons. The van der Waals surface area contributed by atoms with Gasteiger partial charge in [-0.15, -0.1) is 0 Å². The number of nitrogens with one attached hydrogen (secondary N) is 2. The summed E-state index contributed by atoms with van der Waals surface area (Å²) in [5.41, 5.74) is 0.523. The van der Waals surface area contributed by atoms with Crippen molar-refractivity contribution in [2.24, 2.45) is 10.8 Å². The van der Waals surface area contributed by atoms with Crippen LogP contribution in [0.15, 0.2) is 0 Å². The number of methoxy groups -OCH3 is 1. The molecule has 1 aliphatic carbocycles. The first kappa shape index (κ1) is 15.4. The second-order valence-electron chi connectivity index (χ2n) is 6.40. The minimum absolute atomic E-state index is 0.0737. The number of carbonyl (C=O) groups excluding carboxylic acids is 1. The van der Waals surface area contributed by atoms with Crippen molar-refractivity contribution in [2.75, 3.05) is 20.3 Å². The normalized spacial score (nSPS) is 22.6. The van der Waals surface area contributed by atoms with Crippen LogP contribution in [-0.2, 0) is 9.53 Å². The Morgan fingerprint density at radius 1 is 1.28 bits per heavy atom. The third-order valence-corrected chi connectivity index (χ3v) is 4.66. The summed E-state index contributed by atoms with van der Waals surface area (Å²) < 4.78 is 4.95. The molecule has 1 amide bonds. The summed E-state index contributed by atoms with van der Waals surface area (Å²) in [6.45, 7) is 12.3. The van der Waals surface area contributed by atoms with E-state index < -0.39 is 0 Å². The standard InChI is InChI=1S/C14H28N2O2/c1-10(11(17)15-8-7-9-18-6)16-12-13(2,3)14(12,4)5/h10,12,16H,7-9H2,1-6H3,(H,15,17). The van der Waals surface area contributed by atoms with Crippen LogP contribution in [0, 0.1) is 10.8 Å². The second-order valence-corrected chi connectivity index (χ2v) is 6.40. The number of carbonyl (C=O) groups is 1. The van der Waals surface area contributed by atoms with E-state index in [-0.39, 0.29) is 22.8 Å². The lowest BCUT2D eigenvalue weighted by atomic mass is 10.0. The predicted molar refractivity (Wildman–Crippen MR) is 73.5 cm³/mol. The van der Waals surface area contributed by atoms with Crippen LogP contribution < -0.4 is 10.6 Å². The van der Waals surface area contributed by atoms with E-state index in [1.807, 2.05) is 6.92 Å². The molecule has 1 rings (SSSR count). The Bertz CT molecular complexity index is 286. The Kier molecular flexibility index (Phi) is 4.78. The second kappa shape index (κ2) is 5.57. The summed E-state index contributed by atoms with van der Waals surface area (Å²) in [6, 6.07) is 0.267. The molecule has 2 N–H and O–H groups in total. The highest BCUT2D eigenvalue weighted by atomic mass is 16.5. The fourth-order valence-corrected chi connectivity index (χ4v) is 2.52. The van der Waals surface area contributed by atoms with Gasteiger partial charge in [-0.25, -0.2) is 0 Å². The first-order valence-corrected chi connectivity index (χ1v) is 6.78. The van der Waals surface area contributed by atoms with Crippen LogP contribution in [0.25, 0.3) is 0 Å². The number of hydrogen-bond donors (Lipinski definition) is 2. The van der Waals surface area contributed by atoms with Gasteiger partial charge in [-0.1, -0.05) is 27.7 Å². The smallest absolute Gasteiger partial charge is 0.236 e. The topological polar surface area (TPSA) is 50.4 Å². The van der Waals surface area contributed by atoms with Gasteiger partial charge in [-0.3, -0.25) is 4.79 Å². The molecule has 0 aromatic heterocycles. The van der Waals surface area contributed by atoms with Crippen molar-refractivity contribution >= 4 is 5.91 Å². The Balaban J connectivity index is 2.29. The van der Waals surface area contributed by atoms with E-state index in [9.17, 15) is 4.79 Å². The Morgan fingerprint density at radius 2 is 1.83 bits per heavy atom. The van der Waals surface area contributed by atoms with Crippen LogP contribution >= 0.6 is 0 Å². The highest BCUT2D eigenvalue weighted by Gasteiger charge is 2.64. The SMILES string of the molecule is COCCCNC(=O)C(C)NC1C(C)(C)C1(C)C. The minimum atomic E-state index is -0.140. The van der Waals surface area contributed by atoms with E-state index in [4.69, 9.17) is 4.74 Å². The summed E-state index contributed by atoms with van der Waals surface area (Å²) in [6.07, 6.45) is 0.857. The van der Waals surface area contributed by atoms with E-state index in [0.29, 0.717) is 19.2 Å². The predicted octanol–water partition coefficient (Wildman–Crippen LogP) is 1.55. The molecule has 0 bridgehead atoms. The van der Waals surface area contributed by atoms with Crippen molar-refractivity contribution in [3.8, 4) is 0 Å². The molecule has 0 aromatic carbocycles. The third kappa shape index (κ3) is 3.04. The van der Waals surface area contributed by atoms with Gasteiger partial charge >= 0.3 is 0 Å². The zero-order valence-corrected chi connectivity index (χ0v) is 12.6. The summed E-state index contributed by atoms with van der Waals surface area (Å²) in [4.78, 5) is 11.9. The van der Waals surface area contributed by atoms with Gasteiger partial charge in [0.25, 0.3) is 0 Å². The zero-order chi connectivity index (χ0) is 14.0. The largest absolute Gasteiger partial charge is 0.385 e. The molecule has 1 unspecified atom stereocenters. The highest BCUT2D eigenvalue weighted by molar-refractivity contribution is 5.81. The lowest BCUT2D eigenvalue weighted by Gasteiger charge is -2.15. The lowest BCUT2D eigenvalue weighted by Crippen LogP contribution is -2.44. The average molecular weight is 256 g/mol. The molecule has 0 saturated heterocycles. The molecule has 18 heavy (non-hydrogen) atoms. The maximum atomic E-state index is 11.9. The molecule has 4 nitrogen and oxygen atoms in total. The number of ether oxygens (including phenoxy) is 1. The molecule has 1 fully saturated rings. The molecular formula is C14H28N2O2. The van der Waals surface area contributed by atoms with Crippen LogP contribution in [0.5, 0.6) is 0 Å². The summed E-state index contributed by atoms with van der Waals surface area (Å²) in [7, 11) is 1.67. The number of hydrogen-bond acceptors (Lipinski definition) is 3. The quantitative estimate of drug-likeness (QED) is 0.680. The van der Waals surface area contributed by atoms with Crippen LogP contribution in [0.2, 0.25) is 0 Å². The lowest BCUT2D eigenvalue weighted by molar-refractivity contribution is -0.122. The van der Waals surface area contributed by atoms with Crippen LogP contribution in [0.3, 0.4) is 0 Å². The molecule has 4 heteroatoms. The Morgan fingerprint density at radius 3 is 2.28 bits per heavy atom. The maximum Gasteiger partial charge on any atom is 0.236 e. The van der Waals surface area contributed by atoms with Gasteiger partial charge < -0.3 is 15.4 Å². The monoisotopic (exact) mass is 256 g/mol. The van der Waals surface area contributed by atoms with Gasteiger partial charge in [0.1, 0.15) is 0 Å². The van der Waals surface area contributed by atoms with Crippen LogP contribution in [-0.4, -0.2) is 38.3 Å². The molecule has 1 aliphatic rings. The first-order valence-electron chi connectivity index (χ1n) is 6.78. The van der Waals surface area contributed by atoms with Gasteiger partial charge in [-0.2, -0.15) is 0 Å². The summed E-state index contributed by atoms with van der Waals surface area (Å²) in [5, 5.41) is 6.36. The molecule has 0 aromatic rings. The van der Waals surface area contributed by atoms with Gasteiger partial charge in [-0.05, 0) is 24.2 Å². The van der Waals surface area contributed by atoms with E-state index >= 15 is 0 Å². The van der Waals surface area contributed by atoms with E-state index in [0.717, 1.165) is 6.42 Å². The fourth-order valence-electron chi connectivity index (χ4n) is 2.52. The minimum Gasteiger partial charge on any atom is -0.385 e. The molecule has 0 heterocycles. The van der Waals surface area contributed by atoms with Crippen LogP contribution in [0.4, 0.5) is 0 Å². The average Bonchev–Trinajstić information content (AvgIpc) is 2.66. The Hall–Kier alpha value is -0.610. The third-order valence-electron chi connectivity index (χ3n) is 4.66. The van der Waals surface area contributed by atoms with Crippen molar-refractivity contribution in [1.29, 1.82) is 0 Å². The van der Waals surface area contributed by atoms with Crippen molar-refractivity contribution in [2.45, 2.75) is 53.1 Å². The van der Waals surface area contributed by atoms with E-state index in [2.05, 4.69) is 38.3 Å². The molecule has 0 radical (unpaired) electrons. The number of rotatable bonds is 7. The molecule has 1 atom stereocenters. The van der Waals surface area contributed by atoms with E-state index in [1.54, 1.807) is 7.11 Å². The fraction of sp³-hybridized carbons (Fsp3) is 0.929. The highest BCUT2D eigenvalue weighted by Crippen LogP contribution is 2.62. The first-order chi connectivity index (χ1) is 8.25. The Labute approximate surface area is 111 Å². The molecular weight excluding hydrogens is 228 g/mol.